The lowest BCUT2D eigenvalue weighted by atomic mass is 9.77. The number of benzene rings is 3. The van der Waals surface area contributed by atoms with Gasteiger partial charge in [-0.15, -0.1) is 0 Å². The van der Waals surface area contributed by atoms with Crippen molar-refractivity contribution in [1.82, 2.24) is 4.57 Å². The Hall–Kier alpha value is -2.80. The molecule has 0 N–H and O–H groups in total. The van der Waals surface area contributed by atoms with Gasteiger partial charge in [-0.3, -0.25) is 0 Å². The summed E-state index contributed by atoms with van der Waals surface area (Å²) in [5.41, 5.74) is 8.01. The van der Waals surface area contributed by atoms with Crippen LogP contribution in [-0.2, 0) is 17.9 Å². The van der Waals surface area contributed by atoms with Crippen molar-refractivity contribution in [3.8, 4) is 0 Å². The number of nitrogens with zero attached hydrogens (tertiary/aromatic N) is 1. The van der Waals surface area contributed by atoms with Gasteiger partial charge in [-0.05, 0) is 41.3 Å². The minimum Gasteiger partial charge on any atom is -0.347 e. The van der Waals surface area contributed by atoms with Gasteiger partial charge in [-0.2, -0.15) is 0 Å². The molecule has 0 aliphatic heterocycles. The van der Waals surface area contributed by atoms with E-state index in [-0.39, 0.29) is 10.8 Å². The molecule has 1 nitrogen and oxygen atoms in total. The lowest BCUT2D eigenvalue weighted by Crippen LogP contribution is -2.23. The molecule has 148 valence electrons. The molecule has 4 rings (SSSR count). The van der Waals surface area contributed by atoms with Gasteiger partial charge in [0, 0.05) is 34.5 Å². The smallest absolute Gasteiger partial charge is 0.0483 e. The van der Waals surface area contributed by atoms with Gasteiger partial charge in [0.15, 0.2) is 0 Å². The minimum absolute atomic E-state index is 0.0349. The highest BCUT2D eigenvalue weighted by molar-refractivity contribution is 5.87. The molecule has 0 radical (unpaired) electrons. The summed E-state index contributed by atoms with van der Waals surface area (Å²) in [6, 6.07) is 28.6. The molecule has 0 aliphatic carbocycles. The molecule has 0 spiro atoms. The first-order valence-electron chi connectivity index (χ1n) is 10.5. The van der Waals surface area contributed by atoms with Crippen LogP contribution in [0.15, 0.2) is 78.9 Å². The second-order valence-electron chi connectivity index (χ2n) is 9.25. The lowest BCUT2D eigenvalue weighted by molar-refractivity contribution is 0.586. The summed E-state index contributed by atoms with van der Waals surface area (Å²) in [5.74, 6) is 0. The van der Waals surface area contributed by atoms with Crippen LogP contribution >= 0.6 is 0 Å². The summed E-state index contributed by atoms with van der Waals surface area (Å²) in [7, 11) is 2.21. The zero-order chi connectivity index (χ0) is 20.8. The van der Waals surface area contributed by atoms with Crippen LogP contribution in [0.5, 0.6) is 0 Å². The second-order valence-corrected chi connectivity index (χ2v) is 9.25. The molecule has 1 aromatic heterocycles. The zero-order valence-electron chi connectivity index (χ0n) is 18.5. The molecule has 0 atom stereocenters. The fourth-order valence-electron chi connectivity index (χ4n) is 4.92. The van der Waals surface area contributed by atoms with Crippen LogP contribution in [0.3, 0.4) is 0 Å². The quantitative estimate of drug-likeness (QED) is 0.354. The molecule has 0 saturated carbocycles. The van der Waals surface area contributed by atoms with Crippen LogP contribution in [0.4, 0.5) is 0 Å². The first kappa shape index (κ1) is 19.5. The number of aryl methyl sites for hydroxylation is 2. The number of rotatable bonds is 4. The molecule has 0 unspecified atom stereocenters. The largest absolute Gasteiger partial charge is 0.347 e. The van der Waals surface area contributed by atoms with Crippen molar-refractivity contribution >= 4 is 10.9 Å². The number of hydrogen-bond acceptors (Lipinski definition) is 0. The maximum atomic E-state index is 2.40. The highest BCUT2D eigenvalue weighted by Gasteiger charge is 2.30. The Balaban J connectivity index is 1.89. The van der Waals surface area contributed by atoms with E-state index in [1.165, 1.54) is 38.9 Å². The van der Waals surface area contributed by atoms with E-state index in [9.17, 15) is 0 Å². The normalized spacial score (nSPS) is 12.5. The highest BCUT2D eigenvalue weighted by atomic mass is 15.0. The third-order valence-corrected chi connectivity index (χ3v) is 6.76. The minimum atomic E-state index is -0.0613. The fourth-order valence-corrected chi connectivity index (χ4v) is 4.92. The van der Waals surface area contributed by atoms with Crippen molar-refractivity contribution in [3.63, 3.8) is 0 Å². The standard InChI is InChI=1S/C28H31N/c1-20-24-19-23(27(2,3)21-13-9-7-10-14-21)17-18-25(24)29(6)26(20)28(4,5)22-15-11-8-12-16-22/h7-19H,1-6H3. The van der Waals surface area contributed by atoms with E-state index in [1.807, 2.05) is 0 Å². The van der Waals surface area contributed by atoms with E-state index in [0.717, 1.165) is 0 Å². The third kappa shape index (κ3) is 3.09. The van der Waals surface area contributed by atoms with Gasteiger partial charge in [-0.25, -0.2) is 0 Å². The molecule has 0 fully saturated rings. The van der Waals surface area contributed by atoms with Crippen molar-refractivity contribution in [2.24, 2.45) is 7.05 Å². The molecule has 0 amide bonds. The summed E-state index contributed by atoms with van der Waals surface area (Å²) in [6.07, 6.45) is 0. The average Bonchev–Trinajstić information content (AvgIpc) is 2.99. The van der Waals surface area contributed by atoms with E-state index in [4.69, 9.17) is 0 Å². The van der Waals surface area contributed by atoms with Gasteiger partial charge in [-0.1, -0.05) is 94.4 Å². The topological polar surface area (TPSA) is 4.93 Å². The number of aromatic nitrogens is 1. The molecule has 0 aliphatic rings. The van der Waals surface area contributed by atoms with Gasteiger partial charge >= 0.3 is 0 Å². The van der Waals surface area contributed by atoms with Crippen molar-refractivity contribution in [3.05, 3.63) is 107 Å². The summed E-state index contributed by atoms with van der Waals surface area (Å²) in [5, 5.41) is 1.35. The third-order valence-electron chi connectivity index (χ3n) is 6.76. The molecule has 3 aromatic carbocycles. The van der Waals surface area contributed by atoms with Crippen LogP contribution in [0.1, 0.15) is 55.6 Å². The van der Waals surface area contributed by atoms with Crippen molar-refractivity contribution in [2.45, 2.75) is 45.4 Å². The van der Waals surface area contributed by atoms with E-state index in [1.54, 1.807) is 0 Å². The Labute approximate surface area is 175 Å². The Bertz CT molecular complexity index is 1150. The Morgan fingerprint density at radius 2 is 1.14 bits per heavy atom. The Morgan fingerprint density at radius 3 is 1.69 bits per heavy atom. The summed E-state index contributed by atoms with van der Waals surface area (Å²) >= 11 is 0. The molecule has 1 heterocycles. The molecular weight excluding hydrogens is 350 g/mol. The molecular formula is C28H31N. The summed E-state index contributed by atoms with van der Waals surface area (Å²) < 4.78 is 2.39. The SMILES string of the molecule is Cc1c(C(C)(C)c2ccccc2)n(C)c2ccc(C(C)(C)c3ccccc3)cc12. The van der Waals surface area contributed by atoms with E-state index in [2.05, 4.69) is 125 Å². The summed E-state index contributed by atoms with van der Waals surface area (Å²) in [4.78, 5) is 0. The molecule has 0 saturated heterocycles. The van der Waals surface area contributed by atoms with Crippen LogP contribution in [-0.4, -0.2) is 4.57 Å². The van der Waals surface area contributed by atoms with Crippen molar-refractivity contribution in [2.75, 3.05) is 0 Å². The monoisotopic (exact) mass is 381 g/mol. The first-order chi connectivity index (χ1) is 13.7. The van der Waals surface area contributed by atoms with Crippen LogP contribution < -0.4 is 0 Å². The number of fused-ring (bicyclic) bond motifs is 1. The van der Waals surface area contributed by atoms with Crippen LogP contribution in [0, 0.1) is 6.92 Å². The predicted molar refractivity (Wildman–Crippen MR) is 125 cm³/mol. The fraction of sp³-hybridized carbons (Fsp3) is 0.286. The van der Waals surface area contributed by atoms with Crippen molar-refractivity contribution in [1.29, 1.82) is 0 Å². The van der Waals surface area contributed by atoms with Crippen LogP contribution in [0.2, 0.25) is 0 Å². The Kier molecular flexibility index (Phi) is 4.65. The van der Waals surface area contributed by atoms with Gasteiger partial charge < -0.3 is 4.57 Å². The number of hydrogen-bond donors (Lipinski definition) is 0. The molecule has 0 bridgehead atoms. The molecule has 29 heavy (non-hydrogen) atoms. The van der Waals surface area contributed by atoms with E-state index < -0.39 is 0 Å². The lowest BCUT2D eigenvalue weighted by Gasteiger charge is -2.27. The van der Waals surface area contributed by atoms with Gasteiger partial charge in [0.1, 0.15) is 0 Å². The van der Waals surface area contributed by atoms with Crippen LogP contribution in [0.25, 0.3) is 10.9 Å². The predicted octanol–water partition coefficient (Wildman–Crippen LogP) is 7.14. The van der Waals surface area contributed by atoms with E-state index in [0.29, 0.717) is 0 Å². The van der Waals surface area contributed by atoms with Gasteiger partial charge in [0.2, 0.25) is 0 Å². The second kappa shape index (κ2) is 6.91. The maximum Gasteiger partial charge on any atom is 0.0483 e. The zero-order valence-corrected chi connectivity index (χ0v) is 18.5. The van der Waals surface area contributed by atoms with Crippen molar-refractivity contribution < 1.29 is 0 Å². The molecule has 1 heteroatoms. The molecule has 4 aromatic rings. The highest BCUT2D eigenvalue weighted by Crippen LogP contribution is 2.40. The average molecular weight is 382 g/mol. The first-order valence-corrected chi connectivity index (χ1v) is 10.5. The van der Waals surface area contributed by atoms with Gasteiger partial charge in [0.25, 0.3) is 0 Å². The summed E-state index contributed by atoms with van der Waals surface area (Å²) in [6.45, 7) is 11.6. The van der Waals surface area contributed by atoms with Gasteiger partial charge in [0.05, 0.1) is 0 Å². The van der Waals surface area contributed by atoms with E-state index >= 15 is 0 Å². The maximum absolute atomic E-state index is 2.40. The Morgan fingerprint density at radius 1 is 0.621 bits per heavy atom.